The molecule has 24 heavy (non-hydrogen) atoms. The summed E-state index contributed by atoms with van der Waals surface area (Å²) in [5.41, 5.74) is 0. The fourth-order valence-electron chi connectivity index (χ4n) is 3.63. The standard InChI is InChI=1S/C19H38NO3.BrH/c1-5-11-17(21)18(16-12-9-8-10-13-16)19(22)23-15-14-20(4,6-2)7-3;/h16-18,21H,5-15H2,1-4H3;1H/q+1;/p-1. The van der Waals surface area contributed by atoms with E-state index in [1.54, 1.807) is 0 Å². The lowest BCUT2D eigenvalue weighted by Crippen LogP contribution is -3.00. The van der Waals surface area contributed by atoms with E-state index >= 15 is 0 Å². The van der Waals surface area contributed by atoms with Crippen LogP contribution in [-0.2, 0) is 9.53 Å². The average molecular weight is 408 g/mol. The summed E-state index contributed by atoms with van der Waals surface area (Å²) in [6.45, 7) is 9.77. The van der Waals surface area contributed by atoms with E-state index in [4.69, 9.17) is 4.74 Å². The van der Waals surface area contributed by atoms with Crippen molar-refractivity contribution in [2.75, 3.05) is 33.3 Å². The Hall–Kier alpha value is -0.130. The van der Waals surface area contributed by atoms with Gasteiger partial charge >= 0.3 is 5.97 Å². The van der Waals surface area contributed by atoms with Gasteiger partial charge in [-0.3, -0.25) is 4.79 Å². The third-order valence-electron chi connectivity index (χ3n) is 5.83. The van der Waals surface area contributed by atoms with E-state index in [1.807, 2.05) is 0 Å². The number of hydrogen-bond acceptors (Lipinski definition) is 3. The lowest BCUT2D eigenvalue weighted by molar-refractivity contribution is -0.906. The van der Waals surface area contributed by atoms with E-state index in [2.05, 4.69) is 27.8 Å². The summed E-state index contributed by atoms with van der Waals surface area (Å²) in [6.07, 6.45) is 6.75. The summed E-state index contributed by atoms with van der Waals surface area (Å²) in [5, 5.41) is 10.5. The average Bonchev–Trinajstić information content (AvgIpc) is 2.56. The number of halogens is 1. The first kappa shape index (κ1) is 23.9. The molecular weight excluding hydrogens is 370 g/mol. The molecule has 0 heterocycles. The second-order valence-corrected chi connectivity index (χ2v) is 7.42. The molecule has 1 N–H and O–H groups in total. The van der Waals surface area contributed by atoms with Crippen LogP contribution >= 0.6 is 0 Å². The lowest BCUT2D eigenvalue weighted by atomic mass is 9.76. The van der Waals surface area contributed by atoms with Gasteiger partial charge in [-0.2, -0.15) is 0 Å². The largest absolute Gasteiger partial charge is 1.00 e. The second kappa shape index (κ2) is 12.3. The number of ether oxygens (including phenoxy) is 1. The monoisotopic (exact) mass is 407 g/mol. The molecule has 1 saturated carbocycles. The zero-order valence-electron chi connectivity index (χ0n) is 16.1. The molecule has 2 unspecified atom stereocenters. The van der Waals surface area contributed by atoms with Crippen molar-refractivity contribution in [3.05, 3.63) is 0 Å². The molecule has 0 aromatic carbocycles. The predicted molar refractivity (Wildman–Crippen MR) is 94.1 cm³/mol. The van der Waals surface area contributed by atoms with Gasteiger partial charge in [0, 0.05) is 0 Å². The number of likely N-dealkylation sites (N-methyl/N-ethyl adjacent to an activating group) is 1. The van der Waals surface area contributed by atoms with Gasteiger partial charge in [-0.05, 0) is 39.0 Å². The lowest BCUT2D eigenvalue weighted by Gasteiger charge is -2.34. The molecule has 5 heteroatoms. The highest BCUT2D eigenvalue weighted by Gasteiger charge is 2.36. The van der Waals surface area contributed by atoms with Crippen LogP contribution < -0.4 is 17.0 Å². The summed E-state index contributed by atoms with van der Waals surface area (Å²) in [5.74, 6) is -0.190. The van der Waals surface area contributed by atoms with Gasteiger partial charge in [0.05, 0.1) is 32.2 Å². The number of esters is 1. The van der Waals surface area contributed by atoms with Gasteiger partial charge in [0.2, 0.25) is 0 Å². The molecule has 0 aromatic heterocycles. The number of carbonyl (C=O) groups is 1. The van der Waals surface area contributed by atoms with Crippen LogP contribution in [0.25, 0.3) is 0 Å². The molecular formula is C19H38BrNO3. The van der Waals surface area contributed by atoms with Gasteiger partial charge in [-0.25, -0.2) is 0 Å². The molecule has 0 aliphatic heterocycles. The van der Waals surface area contributed by atoms with Crippen LogP contribution in [0.1, 0.15) is 65.7 Å². The van der Waals surface area contributed by atoms with Crippen molar-refractivity contribution < 1.29 is 36.1 Å². The van der Waals surface area contributed by atoms with E-state index in [-0.39, 0.29) is 28.9 Å². The van der Waals surface area contributed by atoms with Gasteiger partial charge in [-0.15, -0.1) is 0 Å². The Morgan fingerprint density at radius 2 is 1.75 bits per heavy atom. The summed E-state index contributed by atoms with van der Waals surface area (Å²) in [7, 11) is 2.19. The van der Waals surface area contributed by atoms with Crippen molar-refractivity contribution in [2.45, 2.75) is 71.8 Å². The Bertz CT molecular complexity index is 342. The van der Waals surface area contributed by atoms with E-state index in [0.717, 1.165) is 43.4 Å². The minimum Gasteiger partial charge on any atom is -1.00 e. The van der Waals surface area contributed by atoms with Crippen molar-refractivity contribution in [2.24, 2.45) is 11.8 Å². The van der Waals surface area contributed by atoms with Crippen LogP contribution in [0.4, 0.5) is 0 Å². The molecule has 1 rings (SSSR count). The Morgan fingerprint density at radius 3 is 2.25 bits per heavy atom. The van der Waals surface area contributed by atoms with Crippen LogP contribution in [0.15, 0.2) is 0 Å². The maximum Gasteiger partial charge on any atom is 0.312 e. The Morgan fingerprint density at radius 1 is 1.17 bits per heavy atom. The zero-order chi connectivity index (χ0) is 17.3. The fourth-order valence-corrected chi connectivity index (χ4v) is 3.63. The predicted octanol–water partition coefficient (Wildman–Crippen LogP) is 0.378. The minimum atomic E-state index is -0.547. The molecule has 4 nitrogen and oxygen atoms in total. The second-order valence-electron chi connectivity index (χ2n) is 7.42. The molecule has 2 atom stereocenters. The molecule has 0 amide bonds. The molecule has 1 aliphatic rings. The van der Waals surface area contributed by atoms with Crippen molar-refractivity contribution in [1.82, 2.24) is 0 Å². The Labute approximate surface area is 159 Å². The third-order valence-corrected chi connectivity index (χ3v) is 5.83. The zero-order valence-corrected chi connectivity index (χ0v) is 17.7. The highest BCUT2D eigenvalue weighted by Crippen LogP contribution is 2.33. The van der Waals surface area contributed by atoms with Crippen LogP contribution in [0.5, 0.6) is 0 Å². The maximum absolute atomic E-state index is 12.6. The third kappa shape index (κ3) is 7.40. The highest BCUT2D eigenvalue weighted by atomic mass is 79.9. The summed E-state index contributed by atoms with van der Waals surface area (Å²) < 4.78 is 6.53. The SMILES string of the molecule is CCCC(O)C(C(=O)OCC[N+](C)(CC)CC)C1CCCCC1.[Br-]. The molecule has 0 radical (unpaired) electrons. The van der Waals surface area contributed by atoms with Crippen molar-refractivity contribution in [1.29, 1.82) is 0 Å². The number of nitrogens with zero attached hydrogens (tertiary/aromatic N) is 1. The van der Waals surface area contributed by atoms with Crippen LogP contribution in [0.3, 0.4) is 0 Å². The summed E-state index contributed by atoms with van der Waals surface area (Å²) >= 11 is 0. The van der Waals surface area contributed by atoms with Gasteiger partial charge in [0.25, 0.3) is 0 Å². The van der Waals surface area contributed by atoms with Gasteiger partial charge in [0.15, 0.2) is 0 Å². The smallest absolute Gasteiger partial charge is 0.312 e. The van der Waals surface area contributed by atoms with E-state index in [1.165, 1.54) is 19.3 Å². The Kier molecular flexibility index (Phi) is 12.2. The molecule has 144 valence electrons. The molecule has 0 saturated heterocycles. The number of rotatable bonds is 10. The van der Waals surface area contributed by atoms with Crippen LogP contribution in [-0.4, -0.2) is 55.0 Å². The fraction of sp³-hybridized carbons (Fsp3) is 0.947. The number of quaternary nitrogens is 1. The van der Waals surface area contributed by atoms with Gasteiger partial charge in [-0.1, -0.05) is 32.6 Å². The van der Waals surface area contributed by atoms with Crippen LogP contribution in [0, 0.1) is 11.8 Å². The van der Waals surface area contributed by atoms with Crippen molar-refractivity contribution in [3.63, 3.8) is 0 Å². The molecule has 0 aromatic rings. The summed E-state index contributed by atoms with van der Waals surface area (Å²) in [4.78, 5) is 12.6. The first-order chi connectivity index (χ1) is 11.0. The minimum absolute atomic E-state index is 0. The molecule has 0 bridgehead atoms. The van der Waals surface area contributed by atoms with Crippen molar-refractivity contribution >= 4 is 5.97 Å². The van der Waals surface area contributed by atoms with Crippen molar-refractivity contribution in [3.8, 4) is 0 Å². The number of aliphatic hydroxyl groups excluding tert-OH is 1. The molecule has 1 aliphatic carbocycles. The molecule has 0 spiro atoms. The topological polar surface area (TPSA) is 46.5 Å². The number of hydrogen-bond donors (Lipinski definition) is 1. The van der Waals surface area contributed by atoms with Gasteiger partial charge in [0.1, 0.15) is 13.2 Å². The first-order valence-electron chi connectivity index (χ1n) is 9.65. The maximum atomic E-state index is 12.6. The first-order valence-corrected chi connectivity index (χ1v) is 9.65. The van der Waals surface area contributed by atoms with E-state index in [9.17, 15) is 9.90 Å². The van der Waals surface area contributed by atoms with Gasteiger partial charge < -0.3 is 31.3 Å². The van der Waals surface area contributed by atoms with E-state index < -0.39 is 6.10 Å². The molecule has 1 fully saturated rings. The number of carbonyl (C=O) groups excluding carboxylic acids is 1. The quantitative estimate of drug-likeness (QED) is 0.420. The highest BCUT2D eigenvalue weighted by molar-refractivity contribution is 5.73. The van der Waals surface area contributed by atoms with E-state index in [0.29, 0.717) is 18.9 Å². The normalized spacial score (nSPS) is 18.5. The Balaban J connectivity index is 0.00000529. The van der Waals surface area contributed by atoms with Crippen LogP contribution in [0.2, 0.25) is 0 Å². The number of aliphatic hydroxyl groups is 1. The summed E-state index contributed by atoms with van der Waals surface area (Å²) in [6, 6.07) is 0.